The van der Waals surface area contributed by atoms with Crippen LogP contribution in [-0.2, 0) is 6.54 Å². The van der Waals surface area contributed by atoms with Crippen LogP contribution in [-0.4, -0.2) is 33.5 Å². The smallest absolute Gasteiger partial charge is 0.406 e. The number of hydrogen-bond donors (Lipinski definition) is 0. The Morgan fingerprint density at radius 3 is 2.47 bits per heavy atom. The molecule has 1 aliphatic heterocycles. The Bertz CT molecular complexity index is 1190. The van der Waals surface area contributed by atoms with Crippen molar-refractivity contribution < 1.29 is 22.7 Å². The molecule has 3 aromatic rings. The molecule has 176 valence electrons. The van der Waals surface area contributed by atoms with Crippen molar-refractivity contribution in [1.82, 2.24) is 14.7 Å². The van der Waals surface area contributed by atoms with E-state index >= 15 is 0 Å². The minimum absolute atomic E-state index is 0.00684. The summed E-state index contributed by atoms with van der Waals surface area (Å²) in [6.07, 6.45) is -1.93. The molecule has 0 radical (unpaired) electrons. The van der Waals surface area contributed by atoms with Gasteiger partial charge < -0.3 is 9.64 Å². The number of unbranched alkanes of at least 4 members (excludes halogenated alkanes) is 1. The first-order valence-electron chi connectivity index (χ1n) is 11.0. The Labute approximate surface area is 195 Å². The number of ether oxygens (including phenoxy) is 1. The Balaban J connectivity index is 1.60. The van der Waals surface area contributed by atoms with Gasteiger partial charge in [-0.05, 0) is 54.4 Å². The molecule has 0 spiro atoms. The summed E-state index contributed by atoms with van der Waals surface area (Å²) in [5, 5.41) is 13.6. The molecular formula is C25H23F3N4O2. The fourth-order valence-corrected chi connectivity index (χ4v) is 4.07. The van der Waals surface area contributed by atoms with E-state index in [2.05, 4.69) is 22.8 Å². The molecule has 2 aromatic carbocycles. The zero-order valence-corrected chi connectivity index (χ0v) is 18.5. The van der Waals surface area contributed by atoms with Gasteiger partial charge in [-0.25, -0.2) is 0 Å². The van der Waals surface area contributed by atoms with Crippen molar-refractivity contribution in [3.63, 3.8) is 0 Å². The number of aromatic nitrogens is 2. The van der Waals surface area contributed by atoms with Crippen molar-refractivity contribution in [1.29, 1.82) is 5.26 Å². The second-order valence-electron chi connectivity index (χ2n) is 8.22. The van der Waals surface area contributed by atoms with E-state index in [1.54, 1.807) is 27.8 Å². The second-order valence-corrected chi connectivity index (χ2v) is 8.22. The van der Waals surface area contributed by atoms with Crippen LogP contribution < -0.4 is 4.74 Å². The summed E-state index contributed by atoms with van der Waals surface area (Å²) in [5.41, 5.74) is 3.05. The van der Waals surface area contributed by atoms with Gasteiger partial charge in [-0.3, -0.25) is 9.48 Å². The summed E-state index contributed by atoms with van der Waals surface area (Å²) in [6, 6.07) is 16.4. The SMILES string of the molecule is CCCCC1CN(Cc2ccc(C#N)cc2)C(=O)c2cc(-c3ccc(OC(F)(F)F)cc3)nn21. The molecule has 1 aromatic heterocycles. The maximum atomic E-state index is 13.3. The number of carbonyl (C=O) groups excluding carboxylic acids is 1. The Kier molecular flexibility index (Phi) is 6.59. The zero-order valence-electron chi connectivity index (χ0n) is 18.5. The average molecular weight is 468 g/mol. The van der Waals surface area contributed by atoms with Gasteiger partial charge >= 0.3 is 6.36 Å². The van der Waals surface area contributed by atoms with Crippen LogP contribution in [0.5, 0.6) is 5.75 Å². The van der Waals surface area contributed by atoms with Gasteiger partial charge in [0.1, 0.15) is 11.4 Å². The number of nitriles is 1. The minimum atomic E-state index is -4.76. The molecule has 0 fully saturated rings. The third-order valence-corrected chi connectivity index (χ3v) is 5.75. The number of halogens is 3. The lowest BCUT2D eigenvalue weighted by atomic mass is 10.0. The number of fused-ring (bicyclic) bond motifs is 1. The van der Waals surface area contributed by atoms with Crippen LogP contribution in [0, 0.1) is 11.3 Å². The largest absolute Gasteiger partial charge is 0.573 e. The summed E-state index contributed by atoms with van der Waals surface area (Å²) >= 11 is 0. The maximum Gasteiger partial charge on any atom is 0.573 e. The van der Waals surface area contributed by atoms with E-state index in [-0.39, 0.29) is 17.7 Å². The first-order chi connectivity index (χ1) is 16.3. The van der Waals surface area contributed by atoms with Crippen LogP contribution in [0.1, 0.15) is 53.8 Å². The lowest BCUT2D eigenvalue weighted by molar-refractivity contribution is -0.274. The zero-order chi connectivity index (χ0) is 24.3. The predicted octanol–water partition coefficient (Wildman–Crippen LogP) is 5.71. The number of rotatable bonds is 7. The van der Waals surface area contributed by atoms with Gasteiger partial charge in [0.25, 0.3) is 5.91 Å². The third kappa shape index (κ3) is 5.22. The van der Waals surface area contributed by atoms with E-state index in [9.17, 15) is 18.0 Å². The highest BCUT2D eigenvalue weighted by Crippen LogP contribution is 2.31. The van der Waals surface area contributed by atoms with E-state index in [0.29, 0.717) is 35.6 Å². The van der Waals surface area contributed by atoms with Crippen LogP contribution in [0.2, 0.25) is 0 Å². The predicted molar refractivity (Wildman–Crippen MR) is 119 cm³/mol. The molecule has 0 N–H and O–H groups in total. The number of benzene rings is 2. The van der Waals surface area contributed by atoms with Crippen molar-refractivity contribution in [3.8, 4) is 23.1 Å². The first-order valence-corrected chi connectivity index (χ1v) is 11.0. The van der Waals surface area contributed by atoms with Gasteiger partial charge in [0.2, 0.25) is 0 Å². The van der Waals surface area contributed by atoms with Gasteiger partial charge in [-0.1, -0.05) is 31.9 Å². The van der Waals surface area contributed by atoms with Crippen molar-refractivity contribution >= 4 is 5.91 Å². The molecule has 1 unspecified atom stereocenters. The summed E-state index contributed by atoms with van der Waals surface area (Å²) in [6.45, 7) is 3.02. The van der Waals surface area contributed by atoms with Gasteiger partial charge in [-0.15, -0.1) is 13.2 Å². The monoisotopic (exact) mass is 468 g/mol. The van der Waals surface area contributed by atoms with Crippen molar-refractivity contribution in [2.75, 3.05) is 6.54 Å². The van der Waals surface area contributed by atoms with Gasteiger partial charge in [-0.2, -0.15) is 10.4 Å². The third-order valence-electron chi connectivity index (χ3n) is 5.75. The molecule has 2 heterocycles. The van der Waals surface area contributed by atoms with Crippen molar-refractivity contribution in [2.45, 2.75) is 45.1 Å². The lowest BCUT2D eigenvalue weighted by Crippen LogP contribution is -2.42. The lowest BCUT2D eigenvalue weighted by Gasteiger charge is -2.33. The van der Waals surface area contributed by atoms with Crippen LogP contribution in [0.3, 0.4) is 0 Å². The molecule has 1 aliphatic rings. The number of nitrogens with zero attached hydrogens (tertiary/aromatic N) is 4. The molecule has 0 saturated heterocycles. The van der Waals surface area contributed by atoms with E-state index in [4.69, 9.17) is 5.26 Å². The van der Waals surface area contributed by atoms with Crippen molar-refractivity contribution in [3.05, 3.63) is 71.4 Å². The van der Waals surface area contributed by atoms with E-state index < -0.39 is 6.36 Å². The molecule has 34 heavy (non-hydrogen) atoms. The Morgan fingerprint density at radius 2 is 1.85 bits per heavy atom. The fraction of sp³-hybridized carbons (Fsp3) is 0.320. The summed E-state index contributed by atoms with van der Waals surface area (Å²) in [7, 11) is 0. The van der Waals surface area contributed by atoms with E-state index in [1.165, 1.54) is 24.3 Å². The van der Waals surface area contributed by atoms with Crippen LogP contribution in [0.25, 0.3) is 11.3 Å². The minimum Gasteiger partial charge on any atom is -0.406 e. The molecule has 9 heteroatoms. The summed E-state index contributed by atoms with van der Waals surface area (Å²) in [4.78, 5) is 15.1. The summed E-state index contributed by atoms with van der Waals surface area (Å²) in [5.74, 6) is -0.474. The van der Waals surface area contributed by atoms with Gasteiger partial charge in [0.15, 0.2) is 0 Å². The highest BCUT2D eigenvalue weighted by Gasteiger charge is 2.33. The first kappa shape index (κ1) is 23.4. The van der Waals surface area contributed by atoms with Crippen LogP contribution in [0.15, 0.2) is 54.6 Å². The molecule has 6 nitrogen and oxygen atoms in total. The number of amides is 1. The standard InChI is InChI=1S/C25H23F3N4O2/c1-2-3-4-20-16-31(15-18-7-5-17(14-29)6-8-18)24(33)23-13-22(30-32(20)23)19-9-11-21(12-10-19)34-25(26,27)28/h5-13,20H,2-4,15-16H2,1H3. The molecule has 0 aliphatic carbocycles. The van der Waals surface area contributed by atoms with Crippen molar-refractivity contribution in [2.24, 2.45) is 0 Å². The molecule has 0 saturated carbocycles. The average Bonchev–Trinajstić information content (AvgIpc) is 3.26. The maximum absolute atomic E-state index is 13.3. The van der Waals surface area contributed by atoms with Gasteiger partial charge in [0.05, 0.1) is 23.4 Å². The second kappa shape index (κ2) is 9.59. The molecular weight excluding hydrogens is 445 g/mol. The van der Waals surface area contributed by atoms with E-state index in [0.717, 1.165) is 24.8 Å². The normalized spacial score (nSPS) is 15.7. The van der Waals surface area contributed by atoms with Gasteiger partial charge in [0, 0.05) is 18.7 Å². The van der Waals surface area contributed by atoms with Crippen LogP contribution >= 0.6 is 0 Å². The number of carbonyl (C=O) groups is 1. The molecule has 1 amide bonds. The number of alkyl halides is 3. The highest BCUT2D eigenvalue weighted by atomic mass is 19.4. The molecule has 1 atom stereocenters. The van der Waals surface area contributed by atoms with E-state index in [1.807, 2.05) is 12.1 Å². The molecule has 0 bridgehead atoms. The highest BCUT2D eigenvalue weighted by molar-refractivity contribution is 5.94. The summed E-state index contributed by atoms with van der Waals surface area (Å²) < 4.78 is 43.0. The van der Waals surface area contributed by atoms with Crippen LogP contribution in [0.4, 0.5) is 13.2 Å². The topological polar surface area (TPSA) is 71.2 Å². The quantitative estimate of drug-likeness (QED) is 0.446. The number of hydrogen-bond acceptors (Lipinski definition) is 4. The molecule has 4 rings (SSSR count). The Hall–Kier alpha value is -3.80. The Morgan fingerprint density at radius 1 is 1.15 bits per heavy atom. The fourth-order valence-electron chi connectivity index (χ4n) is 4.07.